The fraction of sp³-hybridized carbons (Fsp3) is 0.900. The van der Waals surface area contributed by atoms with Crippen LogP contribution in [0.4, 0.5) is 0 Å². The summed E-state index contributed by atoms with van der Waals surface area (Å²) in [5.74, 6) is -0.200. The Morgan fingerprint density at radius 3 is 2.81 bits per heavy atom. The highest BCUT2D eigenvalue weighted by molar-refractivity contribution is 7.91. The second-order valence-corrected chi connectivity index (χ2v) is 6.38. The number of esters is 1. The number of hydrogen-bond donors (Lipinski definition) is 1. The van der Waals surface area contributed by atoms with E-state index in [4.69, 9.17) is 0 Å². The molecule has 0 aromatic rings. The molecule has 1 aliphatic heterocycles. The number of carbonyl (C=O) groups is 1. The molecule has 0 saturated carbocycles. The lowest BCUT2D eigenvalue weighted by Gasteiger charge is -2.22. The average molecular weight is 249 g/mol. The fourth-order valence-electron chi connectivity index (χ4n) is 1.85. The summed E-state index contributed by atoms with van der Waals surface area (Å²) in [7, 11) is -1.86. The predicted molar refractivity (Wildman–Crippen MR) is 60.9 cm³/mol. The summed E-state index contributed by atoms with van der Waals surface area (Å²) in [6, 6.07) is 0. The van der Waals surface area contributed by atoms with E-state index in [-0.39, 0.29) is 23.8 Å². The number of carbonyl (C=O) groups excluding carboxylic acids is 1. The Labute approximate surface area is 96.5 Å². The first-order chi connectivity index (χ1) is 7.53. The van der Waals surface area contributed by atoms with E-state index in [9.17, 15) is 13.2 Å². The van der Waals surface area contributed by atoms with Crippen LogP contribution in [-0.2, 0) is 19.4 Å². The highest BCUT2D eigenvalue weighted by Crippen LogP contribution is 2.13. The van der Waals surface area contributed by atoms with Crippen molar-refractivity contribution in [1.29, 1.82) is 0 Å². The summed E-state index contributed by atoms with van der Waals surface area (Å²) in [5, 5.41) is 3.18. The van der Waals surface area contributed by atoms with E-state index in [1.165, 1.54) is 7.11 Å². The van der Waals surface area contributed by atoms with Crippen molar-refractivity contribution in [3.8, 4) is 0 Å². The summed E-state index contributed by atoms with van der Waals surface area (Å²) in [4.78, 5) is 10.9. The molecule has 0 aromatic heterocycles. The third kappa shape index (κ3) is 4.94. The van der Waals surface area contributed by atoms with Crippen molar-refractivity contribution in [2.45, 2.75) is 19.3 Å². The summed E-state index contributed by atoms with van der Waals surface area (Å²) in [6.45, 7) is 1.73. The molecule has 0 bridgehead atoms. The van der Waals surface area contributed by atoms with Gasteiger partial charge in [-0.05, 0) is 31.8 Å². The van der Waals surface area contributed by atoms with Gasteiger partial charge in [0, 0.05) is 0 Å². The summed E-state index contributed by atoms with van der Waals surface area (Å²) >= 11 is 0. The lowest BCUT2D eigenvalue weighted by atomic mass is 10.0. The van der Waals surface area contributed by atoms with Gasteiger partial charge in [0.2, 0.25) is 0 Å². The van der Waals surface area contributed by atoms with Gasteiger partial charge >= 0.3 is 5.97 Å². The van der Waals surface area contributed by atoms with Crippen LogP contribution < -0.4 is 5.32 Å². The second-order valence-electron chi connectivity index (χ2n) is 4.15. The molecular formula is C10H19NO4S. The molecule has 0 amide bonds. The molecule has 0 aliphatic carbocycles. The molecule has 1 N–H and O–H groups in total. The Morgan fingerprint density at radius 2 is 2.25 bits per heavy atom. The summed E-state index contributed by atoms with van der Waals surface area (Å²) < 4.78 is 27.8. The van der Waals surface area contributed by atoms with Crippen molar-refractivity contribution < 1.29 is 17.9 Å². The zero-order chi connectivity index (χ0) is 12.0. The smallest absolute Gasteiger partial charge is 0.306 e. The van der Waals surface area contributed by atoms with Crippen LogP contribution in [0.25, 0.3) is 0 Å². The molecule has 0 spiro atoms. The van der Waals surface area contributed by atoms with Gasteiger partial charge in [-0.25, -0.2) is 8.42 Å². The molecule has 1 rings (SSSR count). The molecule has 1 fully saturated rings. The molecule has 1 saturated heterocycles. The third-order valence-electron chi connectivity index (χ3n) is 2.73. The van der Waals surface area contributed by atoms with E-state index < -0.39 is 15.8 Å². The topological polar surface area (TPSA) is 72.5 Å². The summed E-state index contributed by atoms with van der Waals surface area (Å²) in [5.41, 5.74) is 0. The molecule has 16 heavy (non-hydrogen) atoms. The van der Waals surface area contributed by atoms with Gasteiger partial charge in [0.05, 0.1) is 25.0 Å². The van der Waals surface area contributed by atoms with Gasteiger partial charge < -0.3 is 10.1 Å². The SMILES string of the molecule is COC(=O)CCS(=O)(=O)C[C@@H]1CCCNC1. The van der Waals surface area contributed by atoms with Crippen LogP contribution in [0.15, 0.2) is 0 Å². The quantitative estimate of drug-likeness (QED) is 0.692. The average Bonchev–Trinajstić information content (AvgIpc) is 2.27. The summed E-state index contributed by atoms with van der Waals surface area (Å²) in [6.07, 6.45) is 1.93. The van der Waals surface area contributed by atoms with Crippen LogP contribution in [0.1, 0.15) is 19.3 Å². The Kier molecular flexibility index (Phi) is 5.21. The van der Waals surface area contributed by atoms with Gasteiger partial charge in [-0.15, -0.1) is 0 Å². The number of methoxy groups -OCH3 is 1. The second kappa shape index (κ2) is 6.20. The zero-order valence-electron chi connectivity index (χ0n) is 9.57. The van der Waals surface area contributed by atoms with Gasteiger partial charge in [0.15, 0.2) is 9.84 Å². The van der Waals surface area contributed by atoms with Crippen LogP contribution in [-0.4, -0.2) is 46.1 Å². The minimum atomic E-state index is -3.13. The Hall–Kier alpha value is -0.620. The van der Waals surface area contributed by atoms with Crippen molar-refractivity contribution in [3.63, 3.8) is 0 Å². The predicted octanol–water partition coefficient (Wildman–Crippen LogP) is -0.0361. The molecule has 1 atom stereocenters. The van der Waals surface area contributed by atoms with Gasteiger partial charge in [-0.1, -0.05) is 0 Å². The molecule has 0 aromatic carbocycles. The fourth-order valence-corrected chi connectivity index (χ4v) is 3.50. The number of rotatable bonds is 5. The molecule has 94 valence electrons. The van der Waals surface area contributed by atoms with Crippen LogP contribution in [0.3, 0.4) is 0 Å². The maximum atomic E-state index is 11.7. The maximum absolute atomic E-state index is 11.7. The van der Waals surface area contributed by atoms with Gasteiger partial charge in [0.25, 0.3) is 0 Å². The minimum Gasteiger partial charge on any atom is -0.469 e. The molecule has 5 nitrogen and oxygen atoms in total. The van der Waals surface area contributed by atoms with Crippen LogP contribution >= 0.6 is 0 Å². The maximum Gasteiger partial charge on any atom is 0.306 e. The van der Waals surface area contributed by atoms with E-state index in [1.807, 2.05) is 0 Å². The first kappa shape index (κ1) is 13.4. The molecule has 1 aliphatic rings. The van der Waals surface area contributed by atoms with Crippen molar-refractivity contribution in [2.24, 2.45) is 5.92 Å². The van der Waals surface area contributed by atoms with Crippen LogP contribution in [0, 0.1) is 5.92 Å². The Bertz CT molecular complexity index is 320. The first-order valence-corrected chi connectivity index (χ1v) is 7.33. The van der Waals surface area contributed by atoms with E-state index in [0.717, 1.165) is 25.9 Å². The van der Waals surface area contributed by atoms with Gasteiger partial charge in [0.1, 0.15) is 0 Å². The molecule has 6 heteroatoms. The van der Waals surface area contributed by atoms with Crippen molar-refractivity contribution in [3.05, 3.63) is 0 Å². The largest absolute Gasteiger partial charge is 0.469 e. The number of sulfone groups is 1. The molecule has 1 heterocycles. The van der Waals surface area contributed by atoms with Gasteiger partial charge in [-0.3, -0.25) is 4.79 Å². The highest BCUT2D eigenvalue weighted by atomic mass is 32.2. The Morgan fingerprint density at radius 1 is 1.50 bits per heavy atom. The van der Waals surface area contributed by atoms with Gasteiger partial charge in [-0.2, -0.15) is 0 Å². The molecule has 0 unspecified atom stereocenters. The third-order valence-corrected chi connectivity index (χ3v) is 4.54. The van der Waals surface area contributed by atoms with E-state index in [1.54, 1.807) is 0 Å². The minimum absolute atomic E-state index is 0.0427. The molecule has 0 radical (unpaired) electrons. The van der Waals surface area contributed by atoms with E-state index in [0.29, 0.717) is 0 Å². The lowest BCUT2D eigenvalue weighted by molar-refractivity contribution is -0.140. The normalized spacial score (nSPS) is 21.7. The Balaban J connectivity index is 2.35. The van der Waals surface area contributed by atoms with Crippen molar-refractivity contribution >= 4 is 15.8 Å². The zero-order valence-corrected chi connectivity index (χ0v) is 10.4. The number of piperidine rings is 1. The lowest BCUT2D eigenvalue weighted by Crippen LogP contribution is -2.34. The van der Waals surface area contributed by atoms with Crippen molar-refractivity contribution in [2.75, 3.05) is 31.7 Å². The monoisotopic (exact) mass is 249 g/mol. The van der Waals surface area contributed by atoms with E-state index in [2.05, 4.69) is 10.1 Å². The highest BCUT2D eigenvalue weighted by Gasteiger charge is 2.21. The van der Waals surface area contributed by atoms with Crippen molar-refractivity contribution in [1.82, 2.24) is 5.32 Å². The number of nitrogens with one attached hydrogen (secondary N) is 1. The standard InChI is InChI=1S/C10H19NO4S/c1-15-10(12)4-6-16(13,14)8-9-3-2-5-11-7-9/h9,11H,2-8H2,1H3/t9-/m1/s1. The van der Waals surface area contributed by atoms with E-state index >= 15 is 0 Å². The number of hydrogen-bond acceptors (Lipinski definition) is 5. The first-order valence-electron chi connectivity index (χ1n) is 5.51. The van der Waals surface area contributed by atoms with Crippen LogP contribution in [0.2, 0.25) is 0 Å². The van der Waals surface area contributed by atoms with Crippen LogP contribution in [0.5, 0.6) is 0 Å². The molecular weight excluding hydrogens is 230 g/mol. The number of ether oxygens (including phenoxy) is 1.